The summed E-state index contributed by atoms with van der Waals surface area (Å²) in [4.78, 5) is 4.72. The van der Waals surface area contributed by atoms with E-state index in [0.717, 1.165) is 17.8 Å². The Bertz CT molecular complexity index is 624. The van der Waals surface area contributed by atoms with Crippen molar-refractivity contribution in [3.05, 3.63) is 51.7 Å². The summed E-state index contributed by atoms with van der Waals surface area (Å²) in [6, 6.07) is 6.28. The molecule has 0 unspecified atom stereocenters. The molecule has 0 bridgehead atoms. The van der Waals surface area contributed by atoms with Crippen molar-refractivity contribution in [3.8, 4) is 11.3 Å². The quantitative estimate of drug-likeness (QED) is 0.670. The van der Waals surface area contributed by atoms with E-state index in [4.69, 9.17) is 4.98 Å². The summed E-state index contributed by atoms with van der Waals surface area (Å²) < 4.78 is 0. The third-order valence-electron chi connectivity index (χ3n) is 4.31. The van der Waals surface area contributed by atoms with Gasteiger partial charge in [-0.05, 0) is 81.0 Å². The van der Waals surface area contributed by atoms with E-state index in [0.29, 0.717) is 0 Å². The van der Waals surface area contributed by atoms with Gasteiger partial charge in [0.2, 0.25) is 0 Å². The van der Waals surface area contributed by atoms with Crippen LogP contribution in [-0.4, -0.2) is 4.98 Å². The maximum absolute atomic E-state index is 4.72. The lowest BCUT2D eigenvalue weighted by atomic mass is 9.86. The third kappa shape index (κ3) is 3.34. The fraction of sp³-hybridized carbons (Fsp3) is 0.450. The Balaban J connectivity index is 0.00000106. The summed E-state index contributed by atoms with van der Waals surface area (Å²) in [5.41, 5.74) is 10.6. The van der Waals surface area contributed by atoms with Crippen molar-refractivity contribution in [2.24, 2.45) is 0 Å². The molecule has 1 aromatic carbocycles. The van der Waals surface area contributed by atoms with Crippen LogP contribution in [0.15, 0.2) is 18.2 Å². The van der Waals surface area contributed by atoms with Crippen LogP contribution in [0.4, 0.5) is 0 Å². The van der Waals surface area contributed by atoms with Crippen LogP contribution in [0, 0.1) is 34.6 Å². The van der Waals surface area contributed by atoms with E-state index in [-0.39, 0.29) is 0 Å². The molecule has 2 aromatic rings. The van der Waals surface area contributed by atoms with Crippen LogP contribution < -0.4 is 0 Å². The smallest absolute Gasteiger partial charge is 0.0710 e. The van der Waals surface area contributed by atoms with Crippen molar-refractivity contribution in [2.75, 3.05) is 0 Å². The Labute approximate surface area is 130 Å². The molecule has 1 aromatic heterocycles. The van der Waals surface area contributed by atoms with Gasteiger partial charge in [0.25, 0.3) is 0 Å². The predicted molar refractivity (Wildman–Crippen MR) is 94.1 cm³/mol. The highest BCUT2D eigenvalue weighted by Crippen LogP contribution is 2.33. The monoisotopic (exact) mass is 283 g/mol. The van der Waals surface area contributed by atoms with Gasteiger partial charge < -0.3 is 0 Å². The van der Waals surface area contributed by atoms with Crippen LogP contribution in [0.2, 0.25) is 0 Å². The fourth-order valence-corrected chi connectivity index (χ4v) is 2.86. The Kier molecular flexibility index (Phi) is 6.14. The Morgan fingerprint density at radius 1 is 0.810 bits per heavy atom. The third-order valence-corrected chi connectivity index (χ3v) is 4.31. The number of hydrogen-bond acceptors (Lipinski definition) is 1. The van der Waals surface area contributed by atoms with Gasteiger partial charge >= 0.3 is 0 Å². The number of rotatable bonds is 2. The van der Waals surface area contributed by atoms with Crippen molar-refractivity contribution in [2.45, 2.75) is 61.8 Å². The predicted octanol–water partition coefficient (Wildman–Crippen LogP) is 5.88. The van der Waals surface area contributed by atoms with Gasteiger partial charge in [0.1, 0.15) is 0 Å². The van der Waals surface area contributed by atoms with E-state index < -0.39 is 0 Å². The Morgan fingerprint density at radius 3 is 1.90 bits per heavy atom. The number of pyridine rings is 1. The molecule has 0 saturated heterocycles. The van der Waals surface area contributed by atoms with E-state index in [1.54, 1.807) is 0 Å². The number of aryl methyl sites for hydroxylation is 1. The maximum atomic E-state index is 4.72. The first-order valence-electron chi connectivity index (χ1n) is 8.00. The molecular formula is C20H29N. The average molecular weight is 283 g/mol. The average Bonchev–Trinajstić information content (AvgIpc) is 2.50. The first-order chi connectivity index (χ1) is 9.97. The highest BCUT2D eigenvalue weighted by atomic mass is 14.7. The molecule has 0 aliphatic rings. The molecule has 0 atom stereocenters. The number of benzene rings is 1. The summed E-state index contributed by atoms with van der Waals surface area (Å²) in [5, 5.41) is 0. The summed E-state index contributed by atoms with van der Waals surface area (Å²) in [7, 11) is 0. The molecule has 1 heterocycles. The van der Waals surface area contributed by atoms with Crippen LogP contribution in [-0.2, 0) is 6.42 Å². The van der Waals surface area contributed by atoms with Crippen molar-refractivity contribution in [1.82, 2.24) is 4.98 Å². The zero-order valence-corrected chi connectivity index (χ0v) is 14.9. The van der Waals surface area contributed by atoms with Gasteiger partial charge in [-0.15, -0.1) is 0 Å². The zero-order valence-electron chi connectivity index (χ0n) is 14.9. The summed E-state index contributed by atoms with van der Waals surface area (Å²) in [6.07, 6.45) is 1.05. The summed E-state index contributed by atoms with van der Waals surface area (Å²) in [6.45, 7) is 17.2. The first-order valence-corrected chi connectivity index (χ1v) is 8.00. The SMILES string of the molecule is CC.CCc1c(C)c(C)c(C)c(C)c1-c1cccc(C)n1. The molecule has 0 aliphatic carbocycles. The van der Waals surface area contributed by atoms with Gasteiger partial charge in [-0.3, -0.25) is 4.98 Å². The molecule has 0 saturated carbocycles. The summed E-state index contributed by atoms with van der Waals surface area (Å²) in [5.74, 6) is 0. The van der Waals surface area contributed by atoms with Crippen molar-refractivity contribution >= 4 is 0 Å². The second kappa shape index (κ2) is 7.40. The topological polar surface area (TPSA) is 12.9 Å². The van der Waals surface area contributed by atoms with Crippen molar-refractivity contribution < 1.29 is 0 Å². The standard InChI is InChI=1S/C18H23N.C2H6/c1-7-16-14(5)12(3)13(4)15(6)18(16)17-10-8-9-11(2)19-17;1-2/h8-10H,7H2,1-6H3;1-2H3. The van der Waals surface area contributed by atoms with Crippen LogP contribution in [0.1, 0.15) is 54.3 Å². The lowest BCUT2D eigenvalue weighted by molar-refractivity contribution is 1.06. The van der Waals surface area contributed by atoms with E-state index in [1.165, 1.54) is 33.4 Å². The minimum Gasteiger partial charge on any atom is -0.253 e. The molecule has 2 rings (SSSR count). The Hall–Kier alpha value is -1.63. The van der Waals surface area contributed by atoms with Gasteiger partial charge in [-0.2, -0.15) is 0 Å². The van der Waals surface area contributed by atoms with Crippen LogP contribution >= 0.6 is 0 Å². The molecule has 0 spiro atoms. The minimum atomic E-state index is 1.05. The molecule has 0 fully saturated rings. The lowest BCUT2D eigenvalue weighted by Crippen LogP contribution is -2.03. The van der Waals surface area contributed by atoms with Gasteiger partial charge in [0.15, 0.2) is 0 Å². The fourth-order valence-electron chi connectivity index (χ4n) is 2.86. The van der Waals surface area contributed by atoms with Gasteiger partial charge in [0, 0.05) is 11.3 Å². The highest BCUT2D eigenvalue weighted by Gasteiger charge is 2.16. The zero-order chi connectivity index (χ0) is 16.2. The van der Waals surface area contributed by atoms with Crippen LogP contribution in [0.5, 0.6) is 0 Å². The minimum absolute atomic E-state index is 1.05. The highest BCUT2D eigenvalue weighted by molar-refractivity contribution is 5.72. The molecule has 21 heavy (non-hydrogen) atoms. The molecule has 0 radical (unpaired) electrons. The normalized spacial score (nSPS) is 10.1. The van der Waals surface area contributed by atoms with Gasteiger partial charge in [-0.25, -0.2) is 0 Å². The second-order valence-corrected chi connectivity index (χ2v) is 5.37. The molecule has 0 N–H and O–H groups in total. The molecule has 1 heteroatoms. The van der Waals surface area contributed by atoms with Gasteiger partial charge in [0.05, 0.1) is 5.69 Å². The number of nitrogens with zero attached hydrogens (tertiary/aromatic N) is 1. The second-order valence-electron chi connectivity index (χ2n) is 5.37. The van der Waals surface area contributed by atoms with Crippen LogP contribution in [0.25, 0.3) is 11.3 Å². The number of hydrogen-bond donors (Lipinski definition) is 0. The van der Waals surface area contributed by atoms with E-state index in [9.17, 15) is 0 Å². The van der Waals surface area contributed by atoms with Gasteiger partial charge in [-0.1, -0.05) is 26.8 Å². The van der Waals surface area contributed by atoms with E-state index in [2.05, 4.69) is 59.7 Å². The maximum Gasteiger partial charge on any atom is 0.0710 e. The van der Waals surface area contributed by atoms with Crippen LogP contribution in [0.3, 0.4) is 0 Å². The van der Waals surface area contributed by atoms with Crippen molar-refractivity contribution in [1.29, 1.82) is 0 Å². The van der Waals surface area contributed by atoms with E-state index in [1.807, 2.05) is 13.8 Å². The lowest BCUT2D eigenvalue weighted by Gasteiger charge is -2.20. The summed E-state index contributed by atoms with van der Waals surface area (Å²) >= 11 is 0. The molecular weight excluding hydrogens is 254 g/mol. The first kappa shape index (κ1) is 17.4. The van der Waals surface area contributed by atoms with E-state index >= 15 is 0 Å². The molecule has 1 nitrogen and oxygen atoms in total. The largest absolute Gasteiger partial charge is 0.253 e. The number of aromatic nitrogens is 1. The molecule has 0 aliphatic heterocycles. The van der Waals surface area contributed by atoms with Crippen molar-refractivity contribution in [3.63, 3.8) is 0 Å². The molecule has 0 amide bonds. The Morgan fingerprint density at radius 2 is 1.38 bits per heavy atom. The molecule has 114 valence electrons.